The van der Waals surface area contributed by atoms with Gasteiger partial charge in [-0.25, -0.2) is 0 Å². The monoisotopic (exact) mass is 342 g/mol. The van der Waals surface area contributed by atoms with Gasteiger partial charge in [0.2, 0.25) is 5.91 Å². The highest BCUT2D eigenvalue weighted by Gasteiger charge is 2.29. The van der Waals surface area contributed by atoms with Crippen LogP contribution < -0.4 is 5.32 Å². The molecule has 0 saturated heterocycles. The Morgan fingerprint density at radius 3 is 2.80 bits per heavy atom. The minimum atomic E-state index is 0.0696. The van der Waals surface area contributed by atoms with Gasteiger partial charge in [-0.2, -0.15) is 0 Å². The van der Waals surface area contributed by atoms with Crippen molar-refractivity contribution in [2.45, 2.75) is 64.7 Å². The molecule has 0 bridgehead atoms. The van der Waals surface area contributed by atoms with Crippen LogP contribution in [-0.2, 0) is 22.6 Å². The van der Waals surface area contributed by atoms with Crippen LogP contribution in [0.15, 0.2) is 34.9 Å². The Bertz CT molecular complexity index is 677. The van der Waals surface area contributed by atoms with Gasteiger partial charge in [-0.3, -0.25) is 4.79 Å². The van der Waals surface area contributed by atoms with Gasteiger partial charge in [-0.1, -0.05) is 35.5 Å². The summed E-state index contributed by atoms with van der Waals surface area (Å²) in [5.74, 6) is 0.871. The lowest BCUT2D eigenvalue weighted by molar-refractivity contribution is -0.122. The van der Waals surface area contributed by atoms with Crippen LogP contribution in [0.25, 0.3) is 0 Å². The van der Waals surface area contributed by atoms with Crippen LogP contribution >= 0.6 is 0 Å². The number of hydrogen-bond acceptors (Lipinski definition) is 4. The molecule has 5 nitrogen and oxygen atoms in total. The maximum atomic E-state index is 12.3. The van der Waals surface area contributed by atoms with Gasteiger partial charge in [0.05, 0.1) is 24.4 Å². The first-order chi connectivity index (χ1) is 12.1. The molecule has 0 spiro atoms. The number of amides is 1. The fourth-order valence-electron chi connectivity index (χ4n) is 3.44. The van der Waals surface area contributed by atoms with E-state index < -0.39 is 0 Å². The normalized spacial score (nSPS) is 19.9. The van der Waals surface area contributed by atoms with Crippen molar-refractivity contribution in [1.82, 2.24) is 10.5 Å². The van der Waals surface area contributed by atoms with E-state index in [0.29, 0.717) is 19.4 Å². The first kappa shape index (κ1) is 17.7. The van der Waals surface area contributed by atoms with Crippen LogP contribution in [0.4, 0.5) is 0 Å². The molecule has 2 aromatic rings. The predicted molar refractivity (Wildman–Crippen MR) is 95.1 cm³/mol. The molecule has 0 radical (unpaired) electrons. The molecule has 1 fully saturated rings. The Balaban J connectivity index is 1.46. The SMILES string of the molecule is Cc1noc(C)c1CCC(=O)N[C@@H]1CCC[C@H]1OCc1ccccc1. The number of aromatic nitrogens is 1. The molecule has 2 atom stereocenters. The van der Waals surface area contributed by atoms with Gasteiger partial charge < -0.3 is 14.6 Å². The van der Waals surface area contributed by atoms with E-state index in [1.807, 2.05) is 32.0 Å². The van der Waals surface area contributed by atoms with Gasteiger partial charge in [-0.05, 0) is 45.1 Å². The van der Waals surface area contributed by atoms with Crippen LogP contribution in [0.1, 0.15) is 48.3 Å². The van der Waals surface area contributed by atoms with E-state index in [4.69, 9.17) is 9.26 Å². The number of carbonyl (C=O) groups is 1. The van der Waals surface area contributed by atoms with E-state index in [0.717, 1.165) is 41.8 Å². The Kier molecular flexibility index (Phi) is 5.87. The van der Waals surface area contributed by atoms with Gasteiger partial charge in [0.15, 0.2) is 0 Å². The molecule has 25 heavy (non-hydrogen) atoms. The topological polar surface area (TPSA) is 64.4 Å². The molecule has 1 heterocycles. The summed E-state index contributed by atoms with van der Waals surface area (Å²) < 4.78 is 11.2. The van der Waals surface area contributed by atoms with E-state index in [-0.39, 0.29) is 18.1 Å². The van der Waals surface area contributed by atoms with Gasteiger partial charge in [0.25, 0.3) is 0 Å². The molecule has 1 aromatic heterocycles. The van der Waals surface area contributed by atoms with Crippen molar-refractivity contribution in [2.24, 2.45) is 0 Å². The molecule has 1 aliphatic carbocycles. The Morgan fingerprint density at radius 1 is 1.28 bits per heavy atom. The lowest BCUT2D eigenvalue weighted by Gasteiger charge is -2.21. The summed E-state index contributed by atoms with van der Waals surface area (Å²) >= 11 is 0. The molecule has 5 heteroatoms. The van der Waals surface area contributed by atoms with Crippen molar-refractivity contribution in [3.63, 3.8) is 0 Å². The molecule has 1 N–H and O–H groups in total. The first-order valence-corrected chi connectivity index (χ1v) is 9.00. The molecule has 1 amide bonds. The smallest absolute Gasteiger partial charge is 0.220 e. The number of aryl methyl sites for hydroxylation is 2. The van der Waals surface area contributed by atoms with E-state index in [1.165, 1.54) is 0 Å². The molecule has 3 rings (SSSR count). The highest BCUT2D eigenvalue weighted by atomic mass is 16.5. The molecule has 0 aliphatic heterocycles. The molecule has 1 saturated carbocycles. The Hall–Kier alpha value is -2.14. The summed E-state index contributed by atoms with van der Waals surface area (Å²) in [6.07, 6.45) is 4.29. The van der Waals surface area contributed by atoms with Crippen LogP contribution in [-0.4, -0.2) is 23.2 Å². The Labute approximate surface area is 148 Å². The zero-order chi connectivity index (χ0) is 17.6. The van der Waals surface area contributed by atoms with Crippen molar-refractivity contribution >= 4 is 5.91 Å². The summed E-state index contributed by atoms with van der Waals surface area (Å²) in [5, 5.41) is 7.09. The summed E-state index contributed by atoms with van der Waals surface area (Å²) in [6.45, 7) is 4.39. The maximum Gasteiger partial charge on any atom is 0.220 e. The Morgan fingerprint density at radius 2 is 2.08 bits per heavy atom. The second-order valence-electron chi connectivity index (χ2n) is 6.74. The van der Waals surface area contributed by atoms with E-state index >= 15 is 0 Å². The largest absolute Gasteiger partial charge is 0.371 e. The van der Waals surface area contributed by atoms with Crippen molar-refractivity contribution in [3.8, 4) is 0 Å². The van der Waals surface area contributed by atoms with Gasteiger partial charge >= 0.3 is 0 Å². The van der Waals surface area contributed by atoms with E-state index in [1.54, 1.807) is 0 Å². The van der Waals surface area contributed by atoms with Crippen LogP contribution in [0.5, 0.6) is 0 Å². The number of hydrogen-bond donors (Lipinski definition) is 1. The second kappa shape index (κ2) is 8.30. The number of nitrogens with zero attached hydrogens (tertiary/aromatic N) is 1. The van der Waals surface area contributed by atoms with Crippen LogP contribution in [0.3, 0.4) is 0 Å². The minimum Gasteiger partial charge on any atom is -0.371 e. The predicted octanol–water partition coefficient (Wildman–Crippen LogP) is 3.48. The summed E-state index contributed by atoms with van der Waals surface area (Å²) in [7, 11) is 0. The highest BCUT2D eigenvalue weighted by Crippen LogP contribution is 2.23. The number of carbonyl (C=O) groups excluding carboxylic acids is 1. The number of rotatable bonds is 7. The van der Waals surface area contributed by atoms with Gasteiger partial charge in [-0.15, -0.1) is 0 Å². The van der Waals surface area contributed by atoms with Crippen molar-refractivity contribution < 1.29 is 14.1 Å². The summed E-state index contributed by atoms with van der Waals surface area (Å²) in [6, 6.07) is 10.3. The third kappa shape index (κ3) is 4.69. The summed E-state index contributed by atoms with van der Waals surface area (Å²) in [5.41, 5.74) is 3.08. The average Bonchev–Trinajstić information content (AvgIpc) is 3.18. The van der Waals surface area contributed by atoms with Crippen molar-refractivity contribution in [2.75, 3.05) is 0 Å². The van der Waals surface area contributed by atoms with Gasteiger partial charge in [0.1, 0.15) is 5.76 Å². The third-order valence-corrected chi connectivity index (χ3v) is 4.89. The van der Waals surface area contributed by atoms with Crippen LogP contribution in [0, 0.1) is 13.8 Å². The fourth-order valence-corrected chi connectivity index (χ4v) is 3.44. The zero-order valence-corrected chi connectivity index (χ0v) is 15.0. The second-order valence-corrected chi connectivity index (χ2v) is 6.74. The molecule has 0 unspecified atom stereocenters. The fraction of sp³-hybridized carbons (Fsp3) is 0.500. The van der Waals surface area contributed by atoms with Crippen LogP contribution in [0.2, 0.25) is 0 Å². The molecular weight excluding hydrogens is 316 g/mol. The molecular formula is C20H26N2O3. The quantitative estimate of drug-likeness (QED) is 0.837. The summed E-state index contributed by atoms with van der Waals surface area (Å²) in [4.78, 5) is 12.3. The standard InChI is InChI=1S/C20H26N2O3/c1-14-17(15(2)25-22-14)11-12-20(23)21-18-9-6-10-19(18)24-13-16-7-4-3-5-8-16/h3-5,7-8,18-19H,6,9-13H2,1-2H3,(H,21,23)/t18-,19-/m1/s1. The van der Waals surface area contributed by atoms with Crippen molar-refractivity contribution in [1.29, 1.82) is 0 Å². The average molecular weight is 342 g/mol. The lowest BCUT2D eigenvalue weighted by Crippen LogP contribution is -2.41. The maximum absolute atomic E-state index is 12.3. The molecule has 1 aromatic carbocycles. The van der Waals surface area contributed by atoms with E-state index in [2.05, 4.69) is 22.6 Å². The molecule has 1 aliphatic rings. The van der Waals surface area contributed by atoms with E-state index in [9.17, 15) is 4.79 Å². The highest BCUT2D eigenvalue weighted by molar-refractivity contribution is 5.76. The number of benzene rings is 1. The number of nitrogens with one attached hydrogen (secondary N) is 1. The third-order valence-electron chi connectivity index (χ3n) is 4.89. The first-order valence-electron chi connectivity index (χ1n) is 9.00. The zero-order valence-electron chi connectivity index (χ0n) is 15.0. The van der Waals surface area contributed by atoms with Crippen molar-refractivity contribution in [3.05, 3.63) is 52.9 Å². The minimum absolute atomic E-state index is 0.0696. The van der Waals surface area contributed by atoms with Gasteiger partial charge in [0, 0.05) is 12.0 Å². The molecule has 134 valence electrons. The lowest BCUT2D eigenvalue weighted by atomic mass is 10.1. The number of ether oxygens (including phenoxy) is 1.